The molecule has 4 aromatic heterocycles. The monoisotopic (exact) mass is 975 g/mol. The molecule has 0 bridgehead atoms. The quantitative estimate of drug-likeness (QED) is 0.144. The maximum Gasteiger partial charge on any atom is 0.276 e. The summed E-state index contributed by atoms with van der Waals surface area (Å²) < 4.78 is 7.88. The number of aliphatic hydroxyl groups is 1. The maximum absolute atomic E-state index is 14.2. The van der Waals surface area contributed by atoms with Gasteiger partial charge in [-0.2, -0.15) is 0 Å². The molecular weight excluding hydrogens is 915 g/mol. The van der Waals surface area contributed by atoms with Gasteiger partial charge in [-0.15, -0.1) is 0 Å². The van der Waals surface area contributed by atoms with Crippen LogP contribution in [0.3, 0.4) is 0 Å². The number of aromatic nitrogens is 4. The first kappa shape index (κ1) is 47.2. The zero-order chi connectivity index (χ0) is 50.4. The van der Waals surface area contributed by atoms with Crippen LogP contribution in [-0.2, 0) is 34.6 Å². The van der Waals surface area contributed by atoms with Crippen LogP contribution in [0.15, 0.2) is 67.1 Å². The van der Waals surface area contributed by atoms with E-state index >= 15 is 0 Å². The highest BCUT2D eigenvalue weighted by Gasteiger charge is 2.45. The van der Waals surface area contributed by atoms with Crippen LogP contribution in [0.5, 0.6) is 5.88 Å². The number of amides is 5. The van der Waals surface area contributed by atoms with Crippen molar-refractivity contribution >= 4 is 58.2 Å². The maximum atomic E-state index is 14.2. The molecule has 3 N–H and O–H groups in total. The molecule has 6 aliphatic rings. The van der Waals surface area contributed by atoms with Gasteiger partial charge in [0.25, 0.3) is 17.7 Å². The number of imide groups is 2. The third-order valence-electron chi connectivity index (χ3n) is 15.5. The normalized spacial score (nSPS) is 21.5. The second kappa shape index (κ2) is 17.8. The van der Waals surface area contributed by atoms with Crippen molar-refractivity contribution in [2.75, 3.05) is 66.4 Å². The van der Waals surface area contributed by atoms with Crippen molar-refractivity contribution in [1.82, 2.24) is 34.6 Å². The fourth-order valence-electron chi connectivity index (χ4n) is 12.1. The summed E-state index contributed by atoms with van der Waals surface area (Å²) in [5.41, 5.74) is 6.98. The molecule has 11 rings (SSSR count). The van der Waals surface area contributed by atoms with Crippen LogP contribution in [-0.4, -0.2) is 128 Å². The van der Waals surface area contributed by atoms with Crippen molar-refractivity contribution in [3.63, 3.8) is 0 Å². The van der Waals surface area contributed by atoms with Gasteiger partial charge in [0.1, 0.15) is 29.1 Å². The molecule has 2 atom stereocenters. The Labute approximate surface area is 418 Å². The Kier molecular flexibility index (Phi) is 11.7. The lowest BCUT2D eigenvalue weighted by molar-refractivity contribution is -0.136. The number of carbonyl (C=O) groups excluding carboxylic acids is 5. The second-order valence-electron chi connectivity index (χ2n) is 21.5. The minimum atomic E-state index is -1.36. The minimum absolute atomic E-state index is 0.0815. The number of pyridine rings is 3. The smallest absolute Gasteiger partial charge is 0.276 e. The lowest BCUT2D eigenvalue weighted by Gasteiger charge is -2.46. The van der Waals surface area contributed by atoms with Crippen LogP contribution in [0.2, 0.25) is 0 Å². The van der Waals surface area contributed by atoms with Crippen molar-refractivity contribution in [3.8, 4) is 17.0 Å². The molecule has 1 aromatic carbocycles. The lowest BCUT2D eigenvalue weighted by atomic mass is 9.89. The highest BCUT2D eigenvalue weighted by Crippen LogP contribution is 2.43. The number of carbonyl (C=O) groups is 5. The van der Waals surface area contributed by atoms with E-state index < -0.39 is 35.3 Å². The molecule has 3 saturated heterocycles. The van der Waals surface area contributed by atoms with E-state index in [1.165, 1.54) is 11.3 Å². The number of hydrogen-bond acceptors (Lipinski definition) is 14. The number of hydrogen-bond donors (Lipinski definition) is 3. The number of nitrogens with one attached hydrogen (secondary N) is 2. The van der Waals surface area contributed by atoms with Crippen molar-refractivity contribution in [2.24, 2.45) is 5.41 Å². The van der Waals surface area contributed by atoms with Crippen LogP contribution in [0.25, 0.3) is 11.1 Å². The number of ether oxygens (including phenoxy) is 1. The molecule has 18 nitrogen and oxygen atoms in total. The van der Waals surface area contributed by atoms with E-state index in [0.717, 1.165) is 74.7 Å². The molecule has 5 amide bonds. The molecule has 0 spiro atoms. The van der Waals surface area contributed by atoms with E-state index in [0.29, 0.717) is 70.3 Å². The Morgan fingerprint density at radius 3 is 2.31 bits per heavy atom. The van der Waals surface area contributed by atoms with Gasteiger partial charge in [0.05, 0.1) is 35.7 Å². The molecule has 5 aliphatic heterocycles. The van der Waals surface area contributed by atoms with Gasteiger partial charge >= 0.3 is 0 Å². The van der Waals surface area contributed by atoms with Crippen molar-refractivity contribution in [1.29, 1.82) is 0 Å². The summed E-state index contributed by atoms with van der Waals surface area (Å²) in [6.45, 7) is 15.5. The number of piperidine rings is 2. The number of methoxy groups -OCH3 is 1. The van der Waals surface area contributed by atoms with Crippen LogP contribution >= 0.6 is 0 Å². The Balaban J connectivity index is 0.732. The van der Waals surface area contributed by atoms with Gasteiger partial charge in [0, 0.05) is 99.2 Å². The Morgan fingerprint density at radius 1 is 0.806 bits per heavy atom. The Bertz CT molecular complexity index is 3040. The molecule has 0 saturated carbocycles. The zero-order valence-corrected chi connectivity index (χ0v) is 41.7. The summed E-state index contributed by atoms with van der Waals surface area (Å²) in [6.07, 6.45) is 9.27. The van der Waals surface area contributed by atoms with Crippen LogP contribution in [0.4, 0.5) is 28.7 Å². The van der Waals surface area contributed by atoms with Gasteiger partial charge in [-0.05, 0) is 118 Å². The fraction of sp³-hybridized carbons (Fsp3) is 0.444. The first-order valence-electron chi connectivity index (χ1n) is 25.1. The summed E-state index contributed by atoms with van der Waals surface area (Å²) >= 11 is 0. The van der Waals surface area contributed by atoms with Crippen molar-refractivity contribution < 1.29 is 33.8 Å². The summed E-state index contributed by atoms with van der Waals surface area (Å²) in [5, 5.41) is 17.4. The molecular formula is C54H61N11O7. The average molecular weight is 976 g/mol. The number of anilines is 5. The first-order chi connectivity index (χ1) is 34.5. The lowest BCUT2D eigenvalue weighted by Crippen LogP contribution is -2.57. The third kappa shape index (κ3) is 8.32. The molecule has 9 heterocycles. The summed E-state index contributed by atoms with van der Waals surface area (Å²) in [5.74, 6) is -0.720. The van der Waals surface area contributed by atoms with Crippen molar-refractivity contribution in [3.05, 3.63) is 101 Å². The predicted octanol–water partition coefficient (Wildman–Crippen LogP) is 5.69. The van der Waals surface area contributed by atoms with E-state index in [-0.39, 0.29) is 35.8 Å². The van der Waals surface area contributed by atoms with Gasteiger partial charge in [-0.3, -0.25) is 44.0 Å². The summed E-state index contributed by atoms with van der Waals surface area (Å²) in [6, 6.07) is 14.8. The standard InChI is InChI=1S/C54H61N11O7/c1-31-30-61(34-14-17-60(18-15-34)35-7-9-38-39(25-35)51(69)65(50(38)68)41-10-12-45(66)59-48(41)67)19-20-62(31)36-8-11-44(56-29-36)58-40-23-33(28-57-49(40)72-6)37-13-16-55-47(46(37)54(4,5)71)64-22-21-63-42(52(64)70)24-32-26-53(2,3)27-43(32)63/h7-9,11,13,16,23-25,28-29,31,34,41,71H,10,12,14-15,17-22,26-27,30H2,1-6H3,(H,56,58)(H,59,66,67)/t31-,41-/m0/s1. The summed E-state index contributed by atoms with van der Waals surface area (Å²) in [4.78, 5) is 89.4. The van der Waals surface area contributed by atoms with Crippen LogP contribution < -0.4 is 30.1 Å². The molecule has 18 heteroatoms. The van der Waals surface area contributed by atoms with Gasteiger partial charge in [0.2, 0.25) is 17.7 Å². The SMILES string of the molecule is COc1ncc(-c2ccnc(N3CCn4c(cc5c4CC(C)(C)C5)C3=O)c2C(C)(C)O)cc1Nc1ccc(N2CCN(C3CCN(c4ccc5c(c4)C(=O)N([C@H]4CCC(=O)NC4=O)C5=O)CC3)C[C@@H]2C)cn1. The molecule has 374 valence electrons. The Hall–Kier alpha value is -7.18. The highest BCUT2D eigenvalue weighted by atomic mass is 16.5. The van der Waals surface area contributed by atoms with Gasteiger partial charge in [0.15, 0.2) is 0 Å². The van der Waals surface area contributed by atoms with E-state index in [4.69, 9.17) is 14.7 Å². The molecule has 72 heavy (non-hydrogen) atoms. The minimum Gasteiger partial charge on any atom is -0.480 e. The van der Waals surface area contributed by atoms with E-state index in [1.807, 2.05) is 36.5 Å². The number of nitrogens with zero attached hydrogens (tertiary/aromatic N) is 9. The molecule has 0 radical (unpaired) electrons. The van der Waals surface area contributed by atoms with Crippen LogP contribution in [0.1, 0.15) is 108 Å². The third-order valence-corrected chi connectivity index (χ3v) is 15.5. The van der Waals surface area contributed by atoms with Gasteiger partial charge in [-0.1, -0.05) is 13.8 Å². The highest BCUT2D eigenvalue weighted by molar-refractivity contribution is 6.23. The molecule has 5 aromatic rings. The number of fused-ring (bicyclic) bond motifs is 4. The van der Waals surface area contributed by atoms with E-state index in [1.54, 1.807) is 50.4 Å². The largest absolute Gasteiger partial charge is 0.480 e. The van der Waals surface area contributed by atoms with Crippen LogP contribution in [0, 0.1) is 5.41 Å². The van der Waals surface area contributed by atoms with E-state index in [2.05, 4.69) is 61.7 Å². The predicted molar refractivity (Wildman–Crippen MR) is 271 cm³/mol. The van der Waals surface area contributed by atoms with Crippen molar-refractivity contribution in [2.45, 2.75) is 103 Å². The molecule has 3 fully saturated rings. The van der Waals surface area contributed by atoms with Gasteiger partial charge < -0.3 is 29.5 Å². The number of piperazine rings is 1. The second-order valence-corrected chi connectivity index (χ2v) is 21.5. The summed E-state index contributed by atoms with van der Waals surface area (Å²) in [7, 11) is 1.57. The average Bonchev–Trinajstić information content (AvgIpc) is 3.94. The van der Waals surface area contributed by atoms with Gasteiger partial charge in [-0.25, -0.2) is 15.0 Å². The number of benzene rings is 1. The molecule has 1 aliphatic carbocycles. The topological polar surface area (TPSA) is 199 Å². The fourth-order valence-corrected chi connectivity index (χ4v) is 12.1. The first-order valence-corrected chi connectivity index (χ1v) is 25.1. The zero-order valence-electron chi connectivity index (χ0n) is 41.7. The van der Waals surface area contributed by atoms with E-state index in [9.17, 15) is 29.1 Å². The Morgan fingerprint density at radius 2 is 1.58 bits per heavy atom. The number of rotatable bonds is 10. The molecule has 0 unspecified atom stereocenters.